The van der Waals surface area contributed by atoms with Crippen LogP contribution in [0.4, 0.5) is 0 Å². The molecule has 3 heterocycles. The summed E-state index contributed by atoms with van der Waals surface area (Å²) in [5.74, 6) is -2.07. The van der Waals surface area contributed by atoms with Crippen LogP contribution in [0.25, 0.3) is 0 Å². The second kappa shape index (κ2) is 10.8. The number of aliphatic hydroxyl groups is 1. The molecule has 3 amide bonds. The molecule has 0 aromatic carbocycles. The lowest BCUT2D eigenvalue weighted by atomic mass is 9.70. The van der Waals surface area contributed by atoms with Crippen molar-refractivity contribution in [2.75, 3.05) is 33.3 Å². The summed E-state index contributed by atoms with van der Waals surface area (Å²) in [7, 11) is 1.69. The van der Waals surface area contributed by atoms with Crippen LogP contribution in [-0.4, -0.2) is 98.9 Å². The number of likely N-dealkylation sites (N-methyl/N-ethyl adjacent to an activating group) is 1. The van der Waals surface area contributed by atoms with Gasteiger partial charge in [0.05, 0.1) is 17.9 Å². The van der Waals surface area contributed by atoms with Crippen LogP contribution in [0.5, 0.6) is 0 Å². The summed E-state index contributed by atoms with van der Waals surface area (Å²) in [5.41, 5.74) is -1.68. The zero-order chi connectivity index (χ0) is 27.9. The van der Waals surface area contributed by atoms with Gasteiger partial charge in [0.25, 0.3) is 0 Å². The smallest absolute Gasteiger partial charge is 0.249 e. The maximum atomic E-state index is 14.5. The van der Waals surface area contributed by atoms with Crippen molar-refractivity contribution >= 4 is 33.7 Å². The Labute approximate surface area is 230 Å². The van der Waals surface area contributed by atoms with Crippen LogP contribution < -0.4 is 0 Å². The van der Waals surface area contributed by atoms with Gasteiger partial charge in [0.15, 0.2) is 0 Å². The monoisotopic (exact) mass is 581 g/mol. The third-order valence-electron chi connectivity index (χ3n) is 7.92. The van der Waals surface area contributed by atoms with Crippen LogP contribution in [-0.2, 0) is 19.1 Å². The average Bonchev–Trinajstić information content (AvgIpc) is 3.37. The first-order chi connectivity index (χ1) is 17.2. The van der Waals surface area contributed by atoms with Gasteiger partial charge in [-0.2, -0.15) is 0 Å². The number of ether oxygens (including phenoxy) is 1. The van der Waals surface area contributed by atoms with Crippen molar-refractivity contribution < 1.29 is 24.2 Å². The lowest BCUT2D eigenvalue weighted by molar-refractivity contribution is -0.153. The van der Waals surface area contributed by atoms with Crippen LogP contribution in [0.1, 0.15) is 53.9 Å². The molecule has 0 aromatic heterocycles. The lowest BCUT2D eigenvalue weighted by Crippen LogP contribution is -2.61. The lowest BCUT2D eigenvalue weighted by Gasteiger charge is -2.45. The molecule has 3 unspecified atom stereocenters. The number of likely N-dealkylation sites (tertiary alicyclic amines) is 1. The number of aliphatic hydroxyl groups excluding tert-OH is 1. The Morgan fingerprint density at radius 1 is 1.19 bits per heavy atom. The minimum Gasteiger partial charge on any atom is -0.396 e. The fourth-order valence-electron chi connectivity index (χ4n) is 7.02. The van der Waals surface area contributed by atoms with Gasteiger partial charge in [-0.05, 0) is 38.5 Å². The van der Waals surface area contributed by atoms with Gasteiger partial charge in [0, 0.05) is 43.7 Å². The van der Waals surface area contributed by atoms with Crippen molar-refractivity contribution in [2.45, 2.75) is 82.0 Å². The van der Waals surface area contributed by atoms with Crippen molar-refractivity contribution in [1.29, 1.82) is 0 Å². The van der Waals surface area contributed by atoms with E-state index in [0.29, 0.717) is 25.9 Å². The van der Waals surface area contributed by atoms with Gasteiger partial charge < -0.3 is 24.5 Å². The molecule has 9 heteroatoms. The minimum atomic E-state index is -1.12. The Balaban J connectivity index is 2.10. The molecule has 1 N–H and O–H groups in total. The van der Waals surface area contributed by atoms with E-state index >= 15 is 0 Å². The number of nitrogens with zero attached hydrogens (tertiary/aromatic N) is 3. The number of hydrogen-bond acceptors (Lipinski definition) is 5. The largest absolute Gasteiger partial charge is 0.396 e. The highest BCUT2D eigenvalue weighted by Crippen LogP contribution is 2.60. The predicted molar refractivity (Wildman–Crippen MR) is 147 cm³/mol. The first kappa shape index (κ1) is 29.8. The Kier molecular flexibility index (Phi) is 8.72. The van der Waals surface area contributed by atoms with Crippen LogP contribution in [0.15, 0.2) is 25.3 Å². The molecule has 3 aliphatic rings. The van der Waals surface area contributed by atoms with E-state index < -0.39 is 35.1 Å². The molecule has 0 saturated carbocycles. The number of hydrogen-bond donors (Lipinski definition) is 1. The number of rotatable bonds is 11. The molecule has 3 aliphatic heterocycles. The van der Waals surface area contributed by atoms with E-state index in [9.17, 15) is 19.5 Å². The molecule has 8 nitrogen and oxygen atoms in total. The van der Waals surface area contributed by atoms with Crippen LogP contribution >= 0.6 is 15.9 Å². The van der Waals surface area contributed by atoms with Crippen molar-refractivity contribution in [2.24, 2.45) is 17.3 Å². The van der Waals surface area contributed by atoms with Gasteiger partial charge >= 0.3 is 0 Å². The maximum absolute atomic E-state index is 14.5. The highest BCUT2D eigenvalue weighted by Gasteiger charge is 2.77. The van der Waals surface area contributed by atoms with E-state index in [2.05, 4.69) is 49.9 Å². The molecular weight excluding hydrogens is 538 g/mol. The fraction of sp³-hybridized carbons (Fsp3) is 0.750. The molecule has 0 radical (unpaired) electrons. The van der Waals surface area contributed by atoms with Gasteiger partial charge in [-0.25, -0.2) is 0 Å². The van der Waals surface area contributed by atoms with E-state index in [4.69, 9.17) is 4.74 Å². The van der Waals surface area contributed by atoms with Gasteiger partial charge in [0.2, 0.25) is 17.7 Å². The van der Waals surface area contributed by atoms with E-state index in [-0.39, 0.29) is 41.1 Å². The highest BCUT2D eigenvalue weighted by atomic mass is 79.9. The predicted octanol–water partition coefficient (Wildman–Crippen LogP) is 2.99. The highest BCUT2D eigenvalue weighted by molar-refractivity contribution is 9.09. The number of carbonyl (C=O) groups excluding carboxylic acids is 3. The van der Waals surface area contributed by atoms with E-state index in [1.807, 2.05) is 18.7 Å². The number of alkyl halides is 1. The number of halogens is 1. The zero-order valence-corrected chi connectivity index (χ0v) is 24.8. The molecule has 3 saturated heterocycles. The molecule has 0 aliphatic carbocycles. The normalized spacial score (nSPS) is 30.9. The molecule has 37 heavy (non-hydrogen) atoms. The summed E-state index contributed by atoms with van der Waals surface area (Å²) in [6.07, 6.45) is 4.39. The standard InChI is InChI=1S/C28H44BrN3O5/c1-9-12-30(8)23(34)19-20-24(35)31(14-11-15-33)22(28(20)16-18(29)21(19)37-28)25(36)32(13-10-2)27(6,7)17-26(3,4)5/h9-10,18-22,33H,1-2,11-17H2,3-8H3/t18?,19-,20+,21-,22?,28?/m1/s1. The van der Waals surface area contributed by atoms with Gasteiger partial charge in [-0.15, -0.1) is 13.2 Å². The summed E-state index contributed by atoms with van der Waals surface area (Å²) in [6.45, 7) is 18.9. The van der Waals surface area contributed by atoms with Gasteiger partial charge in [-0.1, -0.05) is 48.9 Å². The first-order valence-electron chi connectivity index (χ1n) is 13.2. The number of carbonyl (C=O) groups is 3. The van der Waals surface area contributed by atoms with Crippen molar-refractivity contribution in [3.8, 4) is 0 Å². The minimum absolute atomic E-state index is 0.0391. The third-order valence-corrected chi connectivity index (χ3v) is 8.76. The van der Waals surface area contributed by atoms with E-state index in [1.54, 1.807) is 29.0 Å². The van der Waals surface area contributed by atoms with Crippen LogP contribution in [0.2, 0.25) is 0 Å². The maximum Gasteiger partial charge on any atom is 0.249 e. The van der Waals surface area contributed by atoms with E-state index in [1.165, 1.54) is 0 Å². The topological polar surface area (TPSA) is 90.4 Å². The third kappa shape index (κ3) is 5.28. The molecule has 0 aromatic rings. The first-order valence-corrected chi connectivity index (χ1v) is 14.1. The van der Waals surface area contributed by atoms with E-state index in [0.717, 1.165) is 6.42 Å². The van der Waals surface area contributed by atoms with Gasteiger partial charge in [-0.3, -0.25) is 14.4 Å². The summed E-state index contributed by atoms with van der Waals surface area (Å²) in [5, 5.41) is 9.58. The van der Waals surface area contributed by atoms with Crippen LogP contribution in [0.3, 0.4) is 0 Å². The average molecular weight is 583 g/mol. The van der Waals surface area contributed by atoms with Crippen molar-refractivity contribution in [3.05, 3.63) is 25.3 Å². The summed E-state index contributed by atoms with van der Waals surface area (Å²) in [4.78, 5) is 46.9. The summed E-state index contributed by atoms with van der Waals surface area (Å²) < 4.78 is 6.60. The second-order valence-electron chi connectivity index (χ2n) is 12.6. The quantitative estimate of drug-likeness (QED) is 0.299. The molecule has 208 valence electrons. The second-order valence-corrected chi connectivity index (χ2v) is 13.7. The Hall–Kier alpha value is -1.71. The fourth-order valence-corrected chi connectivity index (χ4v) is 7.96. The Morgan fingerprint density at radius 2 is 1.81 bits per heavy atom. The molecule has 3 fully saturated rings. The molecular formula is C28H44BrN3O5. The van der Waals surface area contributed by atoms with Crippen molar-refractivity contribution in [1.82, 2.24) is 14.7 Å². The van der Waals surface area contributed by atoms with Crippen LogP contribution in [0, 0.1) is 17.3 Å². The Morgan fingerprint density at radius 3 is 2.35 bits per heavy atom. The molecule has 6 atom stereocenters. The summed E-state index contributed by atoms with van der Waals surface area (Å²) >= 11 is 3.71. The number of fused-ring (bicyclic) bond motifs is 1. The molecule has 2 bridgehead atoms. The van der Waals surface area contributed by atoms with Gasteiger partial charge in [0.1, 0.15) is 11.6 Å². The molecule has 1 spiro atoms. The zero-order valence-electron chi connectivity index (χ0n) is 23.2. The Bertz CT molecular complexity index is 931. The molecule has 3 rings (SSSR count). The number of amides is 3. The van der Waals surface area contributed by atoms with Crippen molar-refractivity contribution in [3.63, 3.8) is 0 Å². The summed E-state index contributed by atoms with van der Waals surface area (Å²) in [6, 6.07) is -0.886. The SMILES string of the molecule is C=CCN(C)C(=O)[C@H]1[C@@H]2OC3(CC2Br)C(C(=O)N(CC=C)C(C)(C)CC(C)(C)C)N(CCCO)C(=O)[C@H]13.